The lowest BCUT2D eigenvalue weighted by molar-refractivity contribution is -0.151. The maximum Gasteiger partial charge on any atom is 0.449 e. The number of aliphatic carboxylic acids is 1. The van der Waals surface area contributed by atoms with Crippen molar-refractivity contribution in [2.24, 2.45) is 0 Å². The van der Waals surface area contributed by atoms with E-state index in [4.69, 9.17) is 18.9 Å². The van der Waals surface area contributed by atoms with Gasteiger partial charge in [0.05, 0.1) is 58.1 Å². The van der Waals surface area contributed by atoms with Crippen molar-refractivity contribution in [3.05, 3.63) is 307 Å². The minimum Gasteiger partial charge on any atom is -0.497 e. The molecule has 9 aromatic carbocycles. The molecular formula is C95H100F13N7O10S4. The zero-order chi connectivity index (χ0) is 88.5. The van der Waals surface area contributed by atoms with E-state index in [0.29, 0.717) is 101 Å². The third kappa shape index (κ3) is 21.8. The smallest absolute Gasteiger partial charge is 0.449 e. The van der Waals surface area contributed by atoms with Gasteiger partial charge in [-0.2, -0.15) is 93.5 Å². The number of carbonyl (C=O) groups is 4. The molecule has 12 aromatic rings. The van der Waals surface area contributed by atoms with Crippen molar-refractivity contribution in [3.8, 4) is 11.5 Å². The van der Waals surface area contributed by atoms with Gasteiger partial charge in [0, 0.05) is 0 Å². The van der Waals surface area contributed by atoms with Crippen molar-refractivity contribution >= 4 is 116 Å². The third-order valence-corrected chi connectivity index (χ3v) is 24.1. The first kappa shape index (κ1) is 105. The molecule has 6 atom stereocenters. The fourth-order valence-corrected chi connectivity index (χ4v) is 17.4. The monoisotopic (exact) mass is 1870 g/mol. The number of ether oxygens (including phenoxy) is 4. The van der Waals surface area contributed by atoms with Crippen LogP contribution in [0.2, 0.25) is 0 Å². The predicted octanol–water partition coefficient (Wildman–Crippen LogP) is 23.5. The van der Waals surface area contributed by atoms with Gasteiger partial charge in [-0.05, 0) is 273 Å². The maximum atomic E-state index is 14.6. The number of alkyl halides is 9. The summed E-state index contributed by atoms with van der Waals surface area (Å²) in [5, 5.41) is 19.3. The molecule has 2 saturated carbocycles. The average molecular weight is 1880 g/mol. The summed E-state index contributed by atoms with van der Waals surface area (Å²) in [6, 6.07) is 47.3. The first-order valence-electron chi connectivity index (χ1n) is 39.3. The molecular weight excluding hydrogens is 1770 g/mol. The van der Waals surface area contributed by atoms with Crippen LogP contribution in [0.4, 0.5) is 57.1 Å². The number of rotatable bonds is 17. The second-order valence-corrected chi connectivity index (χ2v) is 31.4. The van der Waals surface area contributed by atoms with Crippen LogP contribution in [-0.4, -0.2) is 78.3 Å². The molecule has 0 radical (unpaired) electrons. The van der Waals surface area contributed by atoms with E-state index in [1.165, 1.54) is 54.6 Å². The van der Waals surface area contributed by atoms with E-state index in [-0.39, 0.29) is 152 Å². The van der Waals surface area contributed by atoms with Gasteiger partial charge in [-0.3, -0.25) is 24.4 Å². The summed E-state index contributed by atoms with van der Waals surface area (Å²) in [6.45, 7) is 8.66. The number of H-pyrrole nitrogens is 3. The summed E-state index contributed by atoms with van der Waals surface area (Å²) in [5.41, 5.74) is 7.78. The number of esters is 2. The van der Waals surface area contributed by atoms with E-state index in [1.54, 1.807) is 144 Å². The highest BCUT2D eigenvalue weighted by Crippen LogP contribution is 2.53. The second kappa shape index (κ2) is 42.1. The van der Waals surface area contributed by atoms with Gasteiger partial charge in [-0.1, -0.05) is 124 Å². The Labute approximate surface area is 764 Å². The van der Waals surface area contributed by atoms with Gasteiger partial charge in [0.15, 0.2) is 0 Å². The number of nitrogens with one attached hydrogen (secondary N) is 4. The second-order valence-electron chi connectivity index (χ2n) is 31.4. The molecule has 1 unspecified atom stereocenters. The Morgan fingerprint density at radius 3 is 1.17 bits per heavy atom. The lowest BCUT2D eigenvalue weighted by Crippen LogP contribution is -2.42. The Morgan fingerprint density at radius 2 is 0.798 bits per heavy atom. The quantitative estimate of drug-likeness (QED) is 0.0164. The predicted molar refractivity (Wildman–Crippen MR) is 486 cm³/mol. The van der Waals surface area contributed by atoms with Crippen LogP contribution in [-0.2, 0) is 82.1 Å². The normalized spacial score (nSPS) is 19.1. The molecule has 690 valence electrons. The molecule has 0 bridgehead atoms. The largest absolute Gasteiger partial charge is 0.497 e. The molecule has 0 aliphatic heterocycles. The van der Waals surface area contributed by atoms with Crippen LogP contribution in [0.25, 0.3) is 38.7 Å². The number of benzene rings is 9. The number of halogens is 13. The Morgan fingerprint density at radius 1 is 0.450 bits per heavy atom. The fourth-order valence-electron chi connectivity index (χ4n) is 17.4. The first-order valence-corrected chi connectivity index (χ1v) is 39.3. The number of hydroxylamine groups is 1. The highest BCUT2D eigenvalue weighted by atomic mass is 32.1. The number of hydrogen-bond acceptors (Lipinski definition) is 12. The number of imidazole rings is 3. The van der Waals surface area contributed by atoms with Gasteiger partial charge < -0.3 is 39.0 Å². The summed E-state index contributed by atoms with van der Waals surface area (Å²) in [4.78, 5) is 69.3. The SMILES string of the molecule is C.C.COc1ccc(COC(=O)[C@]2(c3cccc(F)c3C)C=C(C)CC2)cc1.COc1ccc(COC(=O)[C@]2(c3cccc(F)c3C)C=C(c3ccc4nc(C(F)(F)F)[nH]c4c3)CC2)cc1.Cc1c(F)cccc1[C@]1(C(=O)NO)CC[C@@H](c2ccc3nc(C(F)(F)F)[nH]c3c2)C1.Cc1c(F)cccc1[C@]1(C(=O)O)CCC(c2ccc3nc(C(F)(F)F)[nH]c3c2)C1.S.S.S.S. The number of amides is 1. The van der Waals surface area contributed by atoms with Crippen molar-refractivity contribution < 1.29 is 106 Å². The number of methoxy groups -OCH3 is 2. The number of carboxylic acid groups (broad SMARTS) is 1. The van der Waals surface area contributed by atoms with Crippen LogP contribution in [0.3, 0.4) is 0 Å². The van der Waals surface area contributed by atoms with Crippen LogP contribution in [0.1, 0.15) is 188 Å². The minimum atomic E-state index is -4.59. The van der Waals surface area contributed by atoms with Gasteiger partial charge in [-0.25, -0.2) is 38.0 Å². The summed E-state index contributed by atoms with van der Waals surface area (Å²) >= 11 is 0. The van der Waals surface area contributed by atoms with Crippen molar-refractivity contribution in [3.63, 3.8) is 0 Å². The molecule has 3 aromatic heterocycles. The number of aromatic nitrogens is 6. The molecule has 129 heavy (non-hydrogen) atoms. The van der Waals surface area contributed by atoms with Crippen LogP contribution in [0.15, 0.2) is 194 Å². The maximum absolute atomic E-state index is 14.6. The van der Waals surface area contributed by atoms with E-state index in [1.807, 2.05) is 43.3 Å². The number of nitrogens with zero attached hydrogens (tertiary/aromatic N) is 3. The van der Waals surface area contributed by atoms with Gasteiger partial charge in [-0.15, -0.1) is 0 Å². The molecule has 4 aliphatic rings. The molecule has 2 fully saturated rings. The molecule has 17 nitrogen and oxygen atoms in total. The summed E-state index contributed by atoms with van der Waals surface area (Å²) in [6.07, 6.45) is -5.57. The van der Waals surface area contributed by atoms with E-state index < -0.39 is 93.0 Å². The molecule has 6 N–H and O–H groups in total. The number of allylic oxidation sites excluding steroid dienone is 2. The van der Waals surface area contributed by atoms with Crippen molar-refractivity contribution in [2.75, 3.05) is 14.2 Å². The highest BCUT2D eigenvalue weighted by molar-refractivity contribution is 7.59. The summed E-state index contributed by atoms with van der Waals surface area (Å²) in [5.74, 6) is -6.25. The van der Waals surface area contributed by atoms with Crippen molar-refractivity contribution in [2.45, 2.75) is 179 Å². The Kier molecular flexibility index (Phi) is 34.2. The van der Waals surface area contributed by atoms with Gasteiger partial charge in [0.2, 0.25) is 17.5 Å². The number of carboxylic acids is 1. The number of fused-ring (bicyclic) bond motifs is 3. The number of hydrogen-bond donors (Lipinski definition) is 6. The molecule has 1 amide bonds. The summed E-state index contributed by atoms with van der Waals surface area (Å²) in [7, 11) is 3.17. The Balaban J connectivity index is 0.000000234. The van der Waals surface area contributed by atoms with Crippen molar-refractivity contribution in [1.29, 1.82) is 0 Å². The highest BCUT2D eigenvalue weighted by Gasteiger charge is 2.52. The zero-order valence-electron chi connectivity index (χ0n) is 69.5. The van der Waals surface area contributed by atoms with Gasteiger partial charge in [0.1, 0.15) is 58.8 Å². The van der Waals surface area contributed by atoms with Crippen LogP contribution in [0.5, 0.6) is 11.5 Å². The molecule has 0 saturated heterocycles. The lowest BCUT2D eigenvalue weighted by Gasteiger charge is -2.29. The minimum absolute atomic E-state index is 0. The Bertz CT molecular complexity index is 6080. The molecule has 16 rings (SSSR count). The molecule has 4 aliphatic carbocycles. The van der Waals surface area contributed by atoms with Crippen LogP contribution in [0, 0.1) is 51.0 Å². The van der Waals surface area contributed by atoms with Crippen molar-refractivity contribution in [1.82, 2.24) is 35.4 Å². The first-order chi connectivity index (χ1) is 58.3. The molecule has 0 spiro atoms. The molecule has 3 heterocycles. The fraction of sp³-hybridized carbons (Fsp3) is 0.316. The Hall–Kier alpha value is -11.2. The lowest BCUT2D eigenvalue weighted by atomic mass is 9.75. The standard InChI is InChI=1S/C29H24F4N2O3.C22H23FO3.C21H19F4N3O2.C21H18F4N2O2.2CH4.4H2S/c1-17-22(4-3-5-23(17)30)28(27(36)38-16-18-6-9-21(37-2)10-7-18)13-12-20(15-28)19-8-11-24-25(14-19)35-26(34-24)29(31,32)33;1-15-11-12-22(13-15,19-5-4-6-20(23)16(19)2)21(24)26-14-17-7-9-18(25-3)10-8-17;1-11-14(3-2-4-15(11)22)20(19(29)28-30)8-7-13(10-20)12-5-6-16-17(9-12)27-18(26-16)21(23,24)25;1-11-14(3-2-4-15(11)22)20(19(28)29)8-7-13(10-20)12-5-6-16-17(9-12)27-18(26-16)21(23,24)25;;;;;;/h3-11,14-15H,12-13,16H2,1-2H3,(H,34,35);4-10,13H,11-12,14H2,1-3H3;2-6,9,13,30H,7-8,10H2,1H3,(H,26,27)(H,28,29);2-6,9,13H,7-8,10H2,1H3,(H,26,27)(H,28,29);2*1H4;4*1H2/t28-;22-;13-,20+;13?,20-;;;;;;/m0010....../s1. The molecule has 34 heteroatoms. The third-order valence-electron chi connectivity index (χ3n) is 24.1. The van der Waals surface area contributed by atoms with Crippen LogP contribution < -0.4 is 15.0 Å². The van der Waals surface area contributed by atoms with E-state index in [0.717, 1.165) is 45.6 Å². The van der Waals surface area contributed by atoms with E-state index in [9.17, 15) is 86.6 Å². The van der Waals surface area contributed by atoms with E-state index in [2.05, 4.69) is 29.9 Å². The van der Waals surface area contributed by atoms with Gasteiger partial charge in [0.25, 0.3) is 5.91 Å². The van der Waals surface area contributed by atoms with E-state index >= 15 is 0 Å². The summed E-state index contributed by atoms with van der Waals surface area (Å²) < 4.78 is 195. The zero-order valence-corrected chi connectivity index (χ0v) is 73.5. The number of carbonyl (C=O) groups excluding carboxylic acids is 3. The number of aromatic amines is 3. The average Bonchev–Trinajstić information content (AvgIpc) is 1.67. The van der Waals surface area contributed by atoms with Crippen LogP contribution >= 0.6 is 54.0 Å². The topological polar surface area (TPSA) is 244 Å². The van der Waals surface area contributed by atoms with Gasteiger partial charge >= 0.3 is 36.4 Å².